The van der Waals surface area contributed by atoms with E-state index in [0.29, 0.717) is 18.9 Å². The van der Waals surface area contributed by atoms with Gasteiger partial charge in [-0.25, -0.2) is 0 Å². The van der Waals surface area contributed by atoms with Crippen LogP contribution in [0.3, 0.4) is 0 Å². The van der Waals surface area contributed by atoms with Gasteiger partial charge in [-0.15, -0.1) is 0 Å². The fraction of sp³-hybridized carbons (Fsp3) is 0.647. The first-order valence-electron chi connectivity index (χ1n) is 7.98. The van der Waals surface area contributed by atoms with Crippen molar-refractivity contribution in [2.75, 3.05) is 19.9 Å². The molecule has 0 saturated carbocycles. The molecule has 1 N–H and O–H groups in total. The number of nitrogens with zero attached hydrogens (tertiary/aromatic N) is 1. The van der Waals surface area contributed by atoms with Gasteiger partial charge in [-0.3, -0.25) is 4.90 Å². The molecule has 0 bridgehead atoms. The molecule has 4 heteroatoms. The summed E-state index contributed by atoms with van der Waals surface area (Å²) in [5.41, 5.74) is 1.30. The Morgan fingerprint density at radius 3 is 2.90 bits per heavy atom. The van der Waals surface area contributed by atoms with Crippen LogP contribution >= 0.6 is 0 Å². The third-order valence-electron chi connectivity index (χ3n) is 4.36. The topological polar surface area (TPSA) is 33.7 Å². The molecule has 2 atom stereocenters. The summed E-state index contributed by atoms with van der Waals surface area (Å²) in [6.07, 6.45) is 1.24. The van der Waals surface area contributed by atoms with Gasteiger partial charge in [-0.1, -0.05) is 19.9 Å². The van der Waals surface area contributed by atoms with Crippen molar-refractivity contribution in [1.29, 1.82) is 0 Å². The number of nitrogens with one attached hydrogen (secondary N) is 1. The Bertz CT molecular complexity index is 490. The average Bonchev–Trinajstić information content (AvgIpc) is 2.89. The Morgan fingerprint density at radius 1 is 1.29 bits per heavy atom. The Kier molecular flexibility index (Phi) is 4.36. The summed E-state index contributed by atoms with van der Waals surface area (Å²) in [4.78, 5) is 2.57. The van der Waals surface area contributed by atoms with E-state index in [2.05, 4.69) is 43.1 Å². The zero-order chi connectivity index (χ0) is 14.8. The van der Waals surface area contributed by atoms with E-state index >= 15 is 0 Å². The normalized spacial score (nSPS) is 25.5. The molecule has 116 valence electrons. The van der Waals surface area contributed by atoms with Gasteiger partial charge in [0.25, 0.3) is 0 Å². The molecule has 4 nitrogen and oxygen atoms in total. The minimum atomic E-state index is 0.347. The summed E-state index contributed by atoms with van der Waals surface area (Å²) in [5, 5.41) is 3.67. The molecule has 0 amide bonds. The molecule has 1 aromatic rings. The number of fused-ring (bicyclic) bond motifs is 1. The predicted molar refractivity (Wildman–Crippen MR) is 83.7 cm³/mol. The SMILES string of the molecule is CC(C)CC1CN(Cc2ccc3c(c2)OCO3)C(C)CN1. The van der Waals surface area contributed by atoms with Crippen LogP contribution in [-0.2, 0) is 6.54 Å². The molecule has 0 aliphatic carbocycles. The summed E-state index contributed by atoms with van der Waals surface area (Å²) in [5.74, 6) is 2.49. The van der Waals surface area contributed by atoms with E-state index in [1.54, 1.807) is 0 Å². The highest BCUT2D eigenvalue weighted by Gasteiger charge is 2.25. The number of benzene rings is 1. The van der Waals surface area contributed by atoms with E-state index in [-0.39, 0.29) is 0 Å². The van der Waals surface area contributed by atoms with Gasteiger partial charge in [0.1, 0.15) is 0 Å². The predicted octanol–water partition coefficient (Wildman–Crippen LogP) is 2.62. The Labute approximate surface area is 127 Å². The maximum Gasteiger partial charge on any atom is 0.231 e. The van der Waals surface area contributed by atoms with Gasteiger partial charge in [0.05, 0.1) is 0 Å². The summed E-state index contributed by atoms with van der Waals surface area (Å²) >= 11 is 0. The third kappa shape index (κ3) is 3.50. The van der Waals surface area contributed by atoms with Gasteiger partial charge in [-0.2, -0.15) is 0 Å². The van der Waals surface area contributed by atoms with Crippen molar-refractivity contribution >= 4 is 0 Å². The van der Waals surface area contributed by atoms with Crippen LogP contribution in [0.15, 0.2) is 18.2 Å². The van der Waals surface area contributed by atoms with Crippen LogP contribution in [0, 0.1) is 5.92 Å². The zero-order valence-electron chi connectivity index (χ0n) is 13.3. The number of hydrogen-bond donors (Lipinski definition) is 1. The molecular weight excluding hydrogens is 264 g/mol. The summed E-state index contributed by atoms with van der Waals surface area (Å²) in [6, 6.07) is 7.47. The lowest BCUT2D eigenvalue weighted by Gasteiger charge is -2.39. The van der Waals surface area contributed by atoms with Gasteiger partial charge < -0.3 is 14.8 Å². The fourth-order valence-corrected chi connectivity index (χ4v) is 3.21. The molecular formula is C17H26N2O2. The Hall–Kier alpha value is -1.26. The summed E-state index contributed by atoms with van der Waals surface area (Å²) in [6.45, 7) is 10.4. The smallest absolute Gasteiger partial charge is 0.231 e. The van der Waals surface area contributed by atoms with E-state index in [1.165, 1.54) is 12.0 Å². The molecule has 1 aromatic carbocycles. The van der Waals surface area contributed by atoms with E-state index < -0.39 is 0 Å². The van der Waals surface area contributed by atoms with E-state index in [0.717, 1.165) is 37.1 Å². The standard InChI is InChI=1S/C17H26N2O2/c1-12(2)6-15-10-19(13(3)8-18-15)9-14-4-5-16-17(7-14)21-11-20-16/h4-5,7,12-13,15,18H,6,8-11H2,1-3H3. The van der Waals surface area contributed by atoms with Crippen LogP contribution in [-0.4, -0.2) is 36.9 Å². The van der Waals surface area contributed by atoms with Gasteiger partial charge in [0.2, 0.25) is 6.79 Å². The van der Waals surface area contributed by atoms with Crippen LogP contribution in [0.5, 0.6) is 11.5 Å². The van der Waals surface area contributed by atoms with Crippen LogP contribution in [0.25, 0.3) is 0 Å². The minimum absolute atomic E-state index is 0.347. The van der Waals surface area contributed by atoms with Crippen LogP contribution in [0.1, 0.15) is 32.8 Å². The number of ether oxygens (including phenoxy) is 2. The molecule has 0 radical (unpaired) electrons. The molecule has 1 saturated heterocycles. The second-order valence-corrected chi connectivity index (χ2v) is 6.70. The molecule has 0 aromatic heterocycles. The first-order chi connectivity index (χ1) is 10.1. The first-order valence-corrected chi connectivity index (χ1v) is 7.98. The highest BCUT2D eigenvalue weighted by Crippen LogP contribution is 2.33. The molecule has 3 rings (SSSR count). The number of rotatable bonds is 4. The van der Waals surface area contributed by atoms with Crippen molar-refractivity contribution in [1.82, 2.24) is 10.2 Å². The lowest BCUT2D eigenvalue weighted by Crippen LogP contribution is -2.55. The molecule has 2 heterocycles. The van der Waals surface area contributed by atoms with Gasteiger partial charge in [-0.05, 0) is 37.0 Å². The maximum atomic E-state index is 5.48. The molecule has 0 spiro atoms. The minimum Gasteiger partial charge on any atom is -0.454 e. The van der Waals surface area contributed by atoms with E-state index in [4.69, 9.17) is 9.47 Å². The highest BCUT2D eigenvalue weighted by molar-refractivity contribution is 5.44. The summed E-state index contributed by atoms with van der Waals surface area (Å²) in [7, 11) is 0. The summed E-state index contributed by atoms with van der Waals surface area (Å²) < 4.78 is 10.9. The highest BCUT2D eigenvalue weighted by atomic mass is 16.7. The lowest BCUT2D eigenvalue weighted by atomic mass is 9.99. The van der Waals surface area contributed by atoms with Crippen molar-refractivity contribution in [2.24, 2.45) is 5.92 Å². The first kappa shape index (κ1) is 14.7. The molecule has 2 unspecified atom stereocenters. The lowest BCUT2D eigenvalue weighted by molar-refractivity contribution is 0.124. The van der Waals surface area contributed by atoms with Crippen LogP contribution in [0.4, 0.5) is 0 Å². The van der Waals surface area contributed by atoms with Crippen molar-refractivity contribution < 1.29 is 9.47 Å². The monoisotopic (exact) mass is 290 g/mol. The van der Waals surface area contributed by atoms with Crippen molar-refractivity contribution in [3.05, 3.63) is 23.8 Å². The van der Waals surface area contributed by atoms with Crippen molar-refractivity contribution in [3.63, 3.8) is 0 Å². The Balaban J connectivity index is 1.65. The third-order valence-corrected chi connectivity index (χ3v) is 4.36. The molecule has 21 heavy (non-hydrogen) atoms. The second kappa shape index (κ2) is 6.24. The fourth-order valence-electron chi connectivity index (χ4n) is 3.21. The van der Waals surface area contributed by atoms with E-state index in [9.17, 15) is 0 Å². The van der Waals surface area contributed by atoms with Crippen molar-refractivity contribution in [2.45, 2.75) is 45.8 Å². The van der Waals surface area contributed by atoms with Gasteiger partial charge in [0, 0.05) is 31.7 Å². The van der Waals surface area contributed by atoms with Crippen LogP contribution < -0.4 is 14.8 Å². The number of piperazine rings is 1. The van der Waals surface area contributed by atoms with Gasteiger partial charge in [0.15, 0.2) is 11.5 Å². The van der Waals surface area contributed by atoms with E-state index in [1.807, 2.05) is 6.07 Å². The van der Waals surface area contributed by atoms with Crippen LogP contribution in [0.2, 0.25) is 0 Å². The quantitative estimate of drug-likeness (QED) is 0.924. The largest absolute Gasteiger partial charge is 0.454 e. The maximum absolute atomic E-state index is 5.48. The second-order valence-electron chi connectivity index (χ2n) is 6.70. The molecule has 2 aliphatic heterocycles. The zero-order valence-corrected chi connectivity index (χ0v) is 13.3. The Morgan fingerprint density at radius 2 is 2.10 bits per heavy atom. The average molecular weight is 290 g/mol. The molecule has 2 aliphatic rings. The van der Waals surface area contributed by atoms with Gasteiger partial charge >= 0.3 is 0 Å². The van der Waals surface area contributed by atoms with Crippen molar-refractivity contribution in [3.8, 4) is 11.5 Å². The number of hydrogen-bond acceptors (Lipinski definition) is 4. The molecule has 1 fully saturated rings.